The van der Waals surface area contributed by atoms with Gasteiger partial charge >= 0.3 is 5.97 Å². The van der Waals surface area contributed by atoms with Crippen LogP contribution in [0.2, 0.25) is 0 Å². The second-order valence-electron chi connectivity index (χ2n) is 8.82. The zero-order chi connectivity index (χ0) is 20.1. The SMILES string of the molecule is CN[C@H](C(=O)N(C)[C@@H](CC(=O)OC(C)(C)C)C(C)N(C)C)C1CCCC1. The van der Waals surface area contributed by atoms with Gasteiger partial charge in [-0.1, -0.05) is 12.8 Å². The van der Waals surface area contributed by atoms with Gasteiger partial charge in [-0.25, -0.2) is 0 Å². The summed E-state index contributed by atoms with van der Waals surface area (Å²) in [6.07, 6.45) is 4.75. The van der Waals surface area contributed by atoms with Gasteiger partial charge in [0.25, 0.3) is 0 Å². The average Bonchev–Trinajstić information content (AvgIpc) is 3.04. The van der Waals surface area contributed by atoms with E-state index in [1.54, 1.807) is 4.90 Å². The minimum Gasteiger partial charge on any atom is -0.460 e. The molecule has 0 heterocycles. The van der Waals surface area contributed by atoms with Crippen molar-refractivity contribution >= 4 is 11.9 Å². The smallest absolute Gasteiger partial charge is 0.308 e. The van der Waals surface area contributed by atoms with Gasteiger partial charge < -0.3 is 19.9 Å². The van der Waals surface area contributed by atoms with Crippen LogP contribution >= 0.6 is 0 Å². The van der Waals surface area contributed by atoms with Crippen molar-refractivity contribution in [2.45, 2.75) is 83.5 Å². The third kappa shape index (κ3) is 6.54. The van der Waals surface area contributed by atoms with Gasteiger partial charge in [-0.3, -0.25) is 9.59 Å². The van der Waals surface area contributed by atoms with Crippen LogP contribution in [-0.2, 0) is 14.3 Å². The van der Waals surface area contributed by atoms with Gasteiger partial charge in [-0.2, -0.15) is 0 Å². The first kappa shape index (κ1) is 22.9. The number of hydrogen-bond donors (Lipinski definition) is 1. The molecule has 1 aliphatic carbocycles. The molecule has 1 unspecified atom stereocenters. The molecule has 3 atom stereocenters. The molecule has 0 aromatic rings. The molecular weight excluding hydrogens is 330 g/mol. The maximum absolute atomic E-state index is 13.2. The Morgan fingerprint density at radius 2 is 1.69 bits per heavy atom. The van der Waals surface area contributed by atoms with Crippen molar-refractivity contribution < 1.29 is 14.3 Å². The number of esters is 1. The van der Waals surface area contributed by atoms with Gasteiger partial charge in [0.05, 0.1) is 18.5 Å². The number of carbonyl (C=O) groups excluding carboxylic acids is 2. The summed E-state index contributed by atoms with van der Waals surface area (Å²) in [6, 6.07) is -0.375. The molecule has 0 bridgehead atoms. The molecule has 26 heavy (non-hydrogen) atoms. The van der Waals surface area contributed by atoms with Crippen LogP contribution in [0.15, 0.2) is 0 Å². The summed E-state index contributed by atoms with van der Waals surface area (Å²) in [4.78, 5) is 29.4. The lowest BCUT2D eigenvalue weighted by atomic mass is 9.95. The highest BCUT2D eigenvalue weighted by molar-refractivity contribution is 5.83. The lowest BCUT2D eigenvalue weighted by molar-refractivity contribution is -0.157. The summed E-state index contributed by atoms with van der Waals surface area (Å²) in [7, 11) is 7.61. The van der Waals surface area contributed by atoms with Crippen molar-refractivity contribution in [1.29, 1.82) is 0 Å². The second-order valence-corrected chi connectivity index (χ2v) is 8.82. The average molecular weight is 370 g/mol. The number of carbonyl (C=O) groups is 2. The summed E-state index contributed by atoms with van der Waals surface area (Å²) >= 11 is 0. The third-order valence-corrected chi connectivity index (χ3v) is 5.46. The first-order chi connectivity index (χ1) is 12.0. The van der Waals surface area contributed by atoms with E-state index in [0.29, 0.717) is 5.92 Å². The maximum Gasteiger partial charge on any atom is 0.308 e. The van der Waals surface area contributed by atoms with Gasteiger partial charge in [0.15, 0.2) is 0 Å². The number of amides is 1. The predicted molar refractivity (Wildman–Crippen MR) is 105 cm³/mol. The Morgan fingerprint density at radius 3 is 2.12 bits per heavy atom. The number of rotatable bonds is 8. The molecule has 0 saturated heterocycles. The lowest BCUT2D eigenvalue weighted by Crippen LogP contribution is -2.56. The highest BCUT2D eigenvalue weighted by Crippen LogP contribution is 2.29. The molecule has 1 N–H and O–H groups in total. The van der Waals surface area contributed by atoms with Crippen molar-refractivity contribution in [3.05, 3.63) is 0 Å². The first-order valence-electron chi connectivity index (χ1n) is 9.80. The third-order valence-electron chi connectivity index (χ3n) is 5.46. The van der Waals surface area contributed by atoms with Crippen LogP contribution in [0, 0.1) is 5.92 Å². The van der Waals surface area contributed by atoms with E-state index < -0.39 is 5.60 Å². The summed E-state index contributed by atoms with van der Waals surface area (Å²) in [6.45, 7) is 7.63. The van der Waals surface area contributed by atoms with Crippen molar-refractivity contribution in [3.63, 3.8) is 0 Å². The number of hydrogen-bond acceptors (Lipinski definition) is 5. The molecule has 1 aliphatic rings. The van der Waals surface area contributed by atoms with Gasteiger partial charge in [0, 0.05) is 13.1 Å². The van der Waals surface area contributed by atoms with Gasteiger partial charge in [0.2, 0.25) is 5.91 Å². The van der Waals surface area contributed by atoms with Crippen LogP contribution in [-0.4, -0.2) is 73.6 Å². The molecule has 1 rings (SSSR count). The highest BCUT2D eigenvalue weighted by Gasteiger charge is 2.36. The largest absolute Gasteiger partial charge is 0.460 e. The van der Waals surface area contributed by atoms with Gasteiger partial charge in [-0.15, -0.1) is 0 Å². The molecule has 0 radical (unpaired) electrons. The zero-order valence-electron chi connectivity index (χ0n) is 18.0. The maximum atomic E-state index is 13.2. The molecule has 1 fully saturated rings. The van der Waals surface area contributed by atoms with Gasteiger partial charge in [0.1, 0.15) is 5.60 Å². The number of ether oxygens (including phenoxy) is 1. The molecule has 1 amide bonds. The van der Waals surface area contributed by atoms with E-state index in [1.807, 2.05) is 60.8 Å². The molecule has 0 spiro atoms. The highest BCUT2D eigenvalue weighted by atomic mass is 16.6. The lowest BCUT2D eigenvalue weighted by Gasteiger charge is -2.38. The van der Waals surface area contributed by atoms with E-state index >= 15 is 0 Å². The van der Waals surface area contributed by atoms with Crippen LogP contribution in [0.4, 0.5) is 0 Å². The van der Waals surface area contributed by atoms with Crippen LogP contribution in [0.1, 0.15) is 59.8 Å². The van der Waals surface area contributed by atoms with Crippen molar-refractivity contribution in [2.75, 3.05) is 28.2 Å². The fraction of sp³-hybridized carbons (Fsp3) is 0.900. The summed E-state index contributed by atoms with van der Waals surface area (Å²) in [5.41, 5.74) is -0.525. The van der Waals surface area contributed by atoms with Crippen molar-refractivity contribution in [2.24, 2.45) is 5.92 Å². The number of nitrogens with one attached hydrogen (secondary N) is 1. The topological polar surface area (TPSA) is 61.9 Å². The first-order valence-corrected chi connectivity index (χ1v) is 9.80. The van der Waals surface area contributed by atoms with Gasteiger partial charge in [-0.05, 0) is 67.6 Å². The van der Waals surface area contributed by atoms with Crippen LogP contribution in [0.3, 0.4) is 0 Å². The Hall–Kier alpha value is -1.14. The molecule has 6 heteroatoms. The van der Waals surface area contributed by atoms with E-state index in [2.05, 4.69) is 5.32 Å². The Kier molecular flexibility index (Phi) is 8.54. The predicted octanol–water partition coefficient (Wildman–Crippen LogP) is 2.27. The van der Waals surface area contributed by atoms with Crippen molar-refractivity contribution in [3.8, 4) is 0 Å². The van der Waals surface area contributed by atoms with E-state index in [9.17, 15) is 9.59 Å². The molecule has 6 nitrogen and oxygen atoms in total. The molecule has 0 aromatic heterocycles. The van der Waals surface area contributed by atoms with Crippen LogP contribution in [0.25, 0.3) is 0 Å². The zero-order valence-corrected chi connectivity index (χ0v) is 18.0. The molecule has 0 aliphatic heterocycles. The second kappa shape index (κ2) is 9.70. The van der Waals surface area contributed by atoms with E-state index in [0.717, 1.165) is 12.8 Å². The van der Waals surface area contributed by atoms with Crippen LogP contribution < -0.4 is 5.32 Å². The van der Waals surface area contributed by atoms with Crippen LogP contribution in [0.5, 0.6) is 0 Å². The minimum absolute atomic E-state index is 0.0394. The molecule has 152 valence electrons. The monoisotopic (exact) mass is 369 g/mol. The number of nitrogens with zero attached hydrogens (tertiary/aromatic N) is 2. The fourth-order valence-electron chi connectivity index (χ4n) is 3.76. The van der Waals surface area contributed by atoms with E-state index in [1.165, 1.54) is 12.8 Å². The minimum atomic E-state index is -0.525. The summed E-state index contributed by atoms with van der Waals surface area (Å²) in [5, 5.41) is 3.22. The Morgan fingerprint density at radius 1 is 1.15 bits per heavy atom. The van der Waals surface area contributed by atoms with E-state index in [-0.39, 0.29) is 36.4 Å². The molecule has 1 saturated carbocycles. The quantitative estimate of drug-likeness (QED) is 0.665. The Balaban J connectivity index is 2.93. The fourth-order valence-corrected chi connectivity index (χ4v) is 3.76. The normalized spacial score (nSPS) is 19.3. The standard InChI is InChI=1S/C20H39N3O3/c1-14(22(6)7)16(13-17(24)26-20(2,3)4)23(8)19(25)18(21-5)15-11-9-10-12-15/h14-16,18,21H,9-13H2,1-8H3/t14?,16-,18-/m0/s1. The molecular formula is C20H39N3O3. The number of likely N-dealkylation sites (N-methyl/N-ethyl adjacent to an activating group) is 3. The summed E-state index contributed by atoms with van der Waals surface area (Å²) in [5.74, 6) is 0.186. The van der Waals surface area contributed by atoms with E-state index in [4.69, 9.17) is 4.74 Å². The van der Waals surface area contributed by atoms with Crippen molar-refractivity contribution in [1.82, 2.24) is 15.1 Å². The molecule has 0 aromatic carbocycles. The summed E-state index contributed by atoms with van der Waals surface area (Å²) < 4.78 is 5.50. The Bertz CT molecular complexity index is 467. The Labute approximate surface area is 159 Å².